The summed E-state index contributed by atoms with van der Waals surface area (Å²) in [4.78, 5) is 27.2. The van der Waals surface area contributed by atoms with Crippen LogP contribution in [-0.4, -0.2) is 35.8 Å². The molecule has 0 fully saturated rings. The number of hydrogen-bond acceptors (Lipinski definition) is 6. The van der Waals surface area contributed by atoms with E-state index in [1.807, 2.05) is 5.32 Å². The molecule has 2 N–H and O–H groups in total. The van der Waals surface area contributed by atoms with E-state index in [0.29, 0.717) is 20.8 Å². The van der Waals surface area contributed by atoms with Gasteiger partial charge in [-0.3, -0.25) is 4.79 Å². The average Bonchev–Trinajstić information content (AvgIpc) is 2.91. The number of aromatic nitrogens is 1. The van der Waals surface area contributed by atoms with Gasteiger partial charge in [-0.1, -0.05) is 22.9 Å². The van der Waals surface area contributed by atoms with E-state index in [1.165, 1.54) is 0 Å². The van der Waals surface area contributed by atoms with Crippen molar-refractivity contribution in [1.29, 1.82) is 0 Å². The van der Waals surface area contributed by atoms with Crippen LogP contribution in [0.4, 0.5) is 18.3 Å². The van der Waals surface area contributed by atoms with E-state index in [-0.39, 0.29) is 5.13 Å². The molecule has 2 aromatic rings. The van der Waals surface area contributed by atoms with E-state index in [1.54, 1.807) is 24.4 Å². The molecule has 1 atom stereocenters. The van der Waals surface area contributed by atoms with Gasteiger partial charge in [-0.25, -0.2) is 9.78 Å². The maximum Gasteiger partial charge on any atom is 0.442 e. The third-order valence-electron chi connectivity index (χ3n) is 3.32. The van der Waals surface area contributed by atoms with Gasteiger partial charge in [-0.05, 0) is 24.6 Å². The Labute approximate surface area is 149 Å². The number of esters is 1. The van der Waals surface area contributed by atoms with Crippen LogP contribution in [0.1, 0.15) is 12.5 Å². The van der Waals surface area contributed by atoms with Crippen LogP contribution in [0.2, 0.25) is 5.02 Å². The summed E-state index contributed by atoms with van der Waals surface area (Å²) in [5, 5.41) is 3.76. The van der Waals surface area contributed by atoms with Crippen molar-refractivity contribution in [1.82, 2.24) is 10.3 Å². The molecule has 0 unspecified atom stereocenters. The minimum absolute atomic E-state index is 0.225. The molecule has 1 aromatic carbocycles. The highest BCUT2D eigenvalue weighted by Gasteiger charge is 2.63. The number of carbonyl (C=O) groups excluding carboxylic acids is 2. The molecular weight excluding hydrogens is 383 g/mol. The lowest BCUT2D eigenvalue weighted by molar-refractivity contribution is -0.206. The van der Waals surface area contributed by atoms with Crippen molar-refractivity contribution >= 4 is 50.2 Å². The van der Waals surface area contributed by atoms with Crippen molar-refractivity contribution in [2.24, 2.45) is 0 Å². The molecule has 11 heteroatoms. The van der Waals surface area contributed by atoms with E-state index in [4.69, 9.17) is 11.6 Å². The Morgan fingerprint density at radius 1 is 1.32 bits per heavy atom. The molecule has 0 aliphatic heterocycles. The molecule has 1 heterocycles. The first-order valence-corrected chi connectivity index (χ1v) is 7.99. The zero-order valence-electron chi connectivity index (χ0n) is 13.2. The highest BCUT2D eigenvalue weighted by atomic mass is 35.5. The first kappa shape index (κ1) is 19.3. The Morgan fingerprint density at radius 3 is 2.48 bits per heavy atom. The summed E-state index contributed by atoms with van der Waals surface area (Å²) < 4.78 is 45.7. The van der Waals surface area contributed by atoms with Gasteiger partial charge in [0.25, 0.3) is 0 Å². The normalized spacial score (nSPS) is 14.0. The molecule has 1 amide bonds. The molecule has 6 nitrogen and oxygen atoms in total. The molecule has 0 saturated heterocycles. The zero-order valence-corrected chi connectivity index (χ0v) is 14.8. The molecule has 25 heavy (non-hydrogen) atoms. The van der Waals surface area contributed by atoms with Crippen LogP contribution in [0.25, 0.3) is 10.2 Å². The number of amides is 1. The van der Waals surface area contributed by atoms with E-state index < -0.39 is 23.7 Å². The van der Waals surface area contributed by atoms with Crippen LogP contribution in [-0.2, 0) is 14.3 Å². The maximum absolute atomic E-state index is 13.6. The van der Waals surface area contributed by atoms with Gasteiger partial charge in [-0.2, -0.15) is 13.2 Å². The lowest BCUT2D eigenvalue weighted by Gasteiger charge is -2.33. The Kier molecular flexibility index (Phi) is 5.14. The summed E-state index contributed by atoms with van der Waals surface area (Å²) in [6.07, 6.45) is -5.18. The van der Waals surface area contributed by atoms with Crippen molar-refractivity contribution in [3.05, 3.63) is 22.7 Å². The van der Waals surface area contributed by atoms with Gasteiger partial charge >= 0.3 is 17.8 Å². The summed E-state index contributed by atoms with van der Waals surface area (Å²) >= 11 is 6.86. The van der Waals surface area contributed by atoms with Gasteiger partial charge in [0.2, 0.25) is 5.91 Å². The van der Waals surface area contributed by atoms with Gasteiger partial charge in [-0.15, -0.1) is 0 Å². The van der Waals surface area contributed by atoms with Crippen LogP contribution < -0.4 is 10.6 Å². The number of hydrogen-bond donors (Lipinski definition) is 2. The molecule has 0 radical (unpaired) electrons. The number of rotatable bonds is 4. The van der Waals surface area contributed by atoms with Gasteiger partial charge in [0.05, 0.1) is 17.3 Å². The van der Waals surface area contributed by atoms with Crippen LogP contribution in [0.5, 0.6) is 0 Å². The van der Waals surface area contributed by atoms with Crippen molar-refractivity contribution in [3.63, 3.8) is 0 Å². The van der Waals surface area contributed by atoms with Crippen LogP contribution in [0, 0.1) is 6.92 Å². The Hall–Kier alpha value is -2.07. The van der Waals surface area contributed by atoms with Gasteiger partial charge in [0.1, 0.15) is 0 Å². The Morgan fingerprint density at radius 2 is 1.96 bits per heavy atom. The maximum atomic E-state index is 13.6. The van der Waals surface area contributed by atoms with Crippen LogP contribution in [0.15, 0.2) is 12.1 Å². The number of thiazole rings is 1. The second-order valence-corrected chi connectivity index (χ2v) is 6.52. The third-order valence-corrected chi connectivity index (χ3v) is 4.67. The first-order chi connectivity index (χ1) is 11.5. The predicted octanol–water partition coefficient (Wildman–Crippen LogP) is 3.24. The summed E-state index contributed by atoms with van der Waals surface area (Å²) in [6.45, 7) is 2.52. The fraction of sp³-hybridized carbons (Fsp3) is 0.357. The quantitative estimate of drug-likeness (QED) is 0.613. The van der Waals surface area contributed by atoms with E-state index in [9.17, 15) is 22.8 Å². The number of benzene rings is 1. The second-order valence-electron chi connectivity index (χ2n) is 5.08. The number of halogens is 4. The summed E-state index contributed by atoms with van der Waals surface area (Å²) in [5.41, 5.74) is -2.48. The van der Waals surface area contributed by atoms with E-state index >= 15 is 0 Å². The van der Waals surface area contributed by atoms with Gasteiger partial charge in [0, 0.05) is 11.9 Å². The first-order valence-electron chi connectivity index (χ1n) is 6.79. The van der Waals surface area contributed by atoms with Crippen molar-refractivity contribution in [2.75, 3.05) is 12.4 Å². The number of alkyl halides is 3. The standard InChI is InChI=1S/C14H13ClF3N3O3S/c1-6-8(15)4-5-9-10(6)19-12(25-9)21-13(11(23)24-3,14(16,17)18)20-7(2)22/h4-5H,1-3H3,(H,19,21)(H,20,22)/t13-/m1/s1. The van der Waals surface area contributed by atoms with Crippen LogP contribution >= 0.6 is 22.9 Å². The largest absolute Gasteiger partial charge is 0.466 e. The zero-order chi connectivity index (χ0) is 19.0. The van der Waals surface area contributed by atoms with Crippen LogP contribution in [0.3, 0.4) is 0 Å². The molecule has 0 aliphatic rings. The van der Waals surface area contributed by atoms with Crippen molar-refractivity contribution in [2.45, 2.75) is 25.7 Å². The second kappa shape index (κ2) is 6.68. The van der Waals surface area contributed by atoms with E-state index in [2.05, 4.69) is 9.72 Å². The Balaban J connectivity index is 2.58. The number of carbonyl (C=O) groups is 2. The monoisotopic (exact) mass is 395 g/mol. The topological polar surface area (TPSA) is 80.3 Å². The summed E-state index contributed by atoms with van der Waals surface area (Å²) in [6, 6.07) is 3.19. The minimum Gasteiger partial charge on any atom is -0.466 e. The number of anilines is 1. The molecule has 0 spiro atoms. The minimum atomic E-state index is -5.18. The highest BCUT2D eigenvalue weighted by molar-refractivity contribution is 7.22. The van der Waals surface area contributed by atoms with Crippen molar-refractivity contribution in [3.8, 4) is 0 Å². The highest BCUT2D eigenvalue weighted by Crippen LogP contribution is 2.37. The molecular formula is C14H13ClF3N3O3S. The van der Waals surface area contributed by atoms with Gasteiger partial charge < -0.3 is 15.4 Å². The molecule has 0 aliphatic carbocycles. The smallest absolute Gasteiger partial charge is 0.442 e. The number of ether oxygens (including phenoxy) is 1. The number of nitrogens with zero attached hydrogens (tertiary/aromatic N) is 1. The van der Waals surface area contributed by atoms with E-state index in [0.717, 1.165) is 25.4 Å². The summed E-state index contributed by atoms with van der Waals surface area (Å²) in [5.74, 6) is -2.79. The molecule has 0 saturated carbocycles. The number of nitrogens with one attached hydrogen (secondary N) is 2. The average molecular weight is 396 g/mol. The molecule has 136 valence electrons. The SMILES string of the molecule is COC(=O)[C@@](NC(C)=O)(Nc1nc2c(C)c(Cl)ccc2s1)C(F)(F)F. The fourth-order valence-corrected chi connectivity index (χ4v) is 3.26. The number of aryl methyl sites for hydroxylation is 1. The number of fused-ring (bicyclic) bond motifs is 1. The number of methoxy groups -OCH3 is 1. The molecule has 1 aromatic heterocycles. The van der Waals surface area contributed by atoms with Gasteiger partial charge in [0.15, 0.2) is 5.13 Å². The summed E-state index contributed by atoms with van der Waals surface area (Å²) in [7, 11) is 0.786. The van der Waals surface area contributed by atoms with Crippen molar-refractivity contribution < 1.29 is 27.5 Å². The lowest BCUT2D eigenvalue weighted by atomic mass is 10.1. The predicted molar refractivity (Wildman–Crippen MR) is 87.6 cm³/mol. The fourth-order valence-electron chi connectivity index (χ4n) is 2.12. The third kappa shape index (κ3) is 3.49. The molecule has 0 bridgehead atoms. The Bertz CT molecular complexity index is 840. The lowest BCUT2D eigenvalue weighted by Crippen LogP contribution is -2.69. The molecule has 2 rings (SSSR count).